The first-order valence-electron chi connectivity index (χ1n) is 5.87. The largest absolute Gasteiger partial charge is 0.310 e. The predicted molar refractivity (Wildman–Crippen MR) is 60.5 cm³/mol. The molecule has 0 atom stereocenters. The normalized spacial score (nSPS) is 19.1. The van der Waals surface area contributed by atoms with Gasteiger partial charge in [0.05, 0.1) is 6.54 Å². The molecule has 0 unspecified atom stereocenters. The van der Waals surface area contributed by atoms with Crippen LogP contribution in [0.2, 0.25) is 0 Å². The molecule has 1 N–H and O–H groups in total. The second kappa shape index (κ2) is 5.45. The van der Waals surface area contributed by atoms with Gasteiger partial charge in [-0.05, 0) is 25.3 Å². The third kappa shape index (κ3) is 4.16. The molecule has 0 amide bonds. The summed E-state index contributed by atoms with van der Waals surface area (Å²) < 4.78 is 0. The van der Waals surface area contributed by atoms with Gasteiger partial charge in [0, 0.05) is 18.8 Å². The van der Waals surface area contributed by atoms with Crippen LogP contribution in [-0.4, -0.2) is 23.6 Å². The second-order valence-corrected chi connectivity index (χ2v) is 5.20. The summed E-state index contributed by atoms with van der Waals surface area (Å²) in [5.74, 6) is 0.737. The molecule has 0 saturated heterocycles. The van der Waals surface area contributed by atoms with Crippen molar-refractivity contribution in [3.8, 4) is 0 Å². The maximum Gasteiger partial charge on any atom is 0.228 e. The lowest BCUT2D eigenvalue weighted by atomic mass is 9.89. The first kappa shape index (κ1) is 12.4. The number of hydrogen-bond acceptors (Lipinski definition) is 3. The van der Waals surface area contributed by atoms with Crippen LogP contribution in [0.5, 0.6) is 0 Å². The Kier molecular flexibility index (Phi) is 4.51. The monoisotopic (exact) mass is 214 g/mol. The third-order valence-corrected chi connectivity index (χ3v) is 3.21. The smallest absolute Gasteiger partial charge is 0.228 e. The minimum atomic E-state index is -0.839. The highest BCUT2D eigenvalue weighted by molar-refractivity contribution is 4.73. The summed E-state index contributed by atoms with van der Waals surface area (Å²) in [7, 11) is 0. The van der Waals surface area contributed by atoms with Crippen molar-refractivity contribution in [2.45, 2.75) is 51.5 Å². The van der Waals surface area contributed by atoms with Gasteiger partial charge in [0.1, 0.15) is 0 Å². The van der Waals surface area contributed by atoms with E-state index in [-0.39, 0.29) is 4.92 Å². The van der Waals surface area contributed by atoms with E-state index in [1.54, 1.807) is 13.8 Å². The summed E-state index contributed by atoms with van der Waals surface area (Å²) in [4.78, 5) is 10.5. The van der Waals surface area contributed by atoms with Gasteiger partial charge in [-0.15, -0.1) is 0 Å². The van der Waals surface area contributed by atoms with Crippen molar-refractivity contribution in [3.63, 3.8) is 0 Å². The number of nitro groups is 1. The van der Waals surface area contributed by atoms with Crippen LogP contribution < -0.4 is 5.32 Å². The Morgan fingerprint density at radius 2 is 1.93 bits per heavy atom. The molecule has 0 aromatic heterocycles. The topological polar surface area (TPSA) is 55.2 Å². The van der Waals surface area contributed by atoms with E-state index in [0.717, 1.165) is 12.5 Å². The molecule has 15 heavy (non-hydrogen) atoms. The summed E-state index contributed by atoms with van der Waals surface area (Å²) in [6.07, 6.45) is 6.57. The van der Waals surface area contributed by atoms with Gasteiger partial charge in [0.15, 0.2) is 0 Å². The Balaban J connectivity index is 2.17. The fraction of sp³-hybridized carbons (Fsp3) is 1.00. The maximum atomic E-state index is 10.7. The molecule has 88 valence electrons. The van der Waals surface area contributed by atoms with Gasteiger partial charge < -0.3 is 5.32 Å². The molecular weight excluding hydrogens is 192 g/mol. The highest BCUT2D eigenvalue weighted by Gasteiger charge is 2.30. The molecule has 0 heterocycles. The van der Waals surface area contributed by atoms with E-state index >= 15 is 0 Å². The maximum absolute atomic E-state index is 10.7. The van der Waals surface area contributed by atoms with Crippen LogP contribution >= 0.6 is 0 Å². The van der Waals surface area contributed by atoms with Crippen LogP contribution in [-0.2, 0) is 0 Å². The van der Waals surface area contributed by atoms with Crippen molar-refractivity contribution < 1.29 is 4.92 Å². The van der Waals surface area contributed by atoms with E-state index in [4.69, 9.17) is 0 Å². The zero-order valence-corrected chi connectivity index (χ0v) is 9.79. The van der Waals surface area contributed by atoms with Crippen molar-refractivity contribution in [1.29, 1.82) is 0 Å². The highest BCUT2D eigenvalue weighted by Crippen LogP contribution is 2.22. The van der Waals surface area contributed by atoms with Gasteiger partial charge in [-0.2, -0.15) is 0 Å². The lowest BCUT2D eigenvalue weighted by Crippen LogP contribution is -2.43. The Bertz CT molecular complexity index is 211. The third-order valence-electron chi connectivity index (χ3n) is 3.21. The lowest BCUT2D eigenvalue weighted by Gasteiger charge is -2.23. The zero-order valence-electron chi connectivity index (χ0n) is 9.79. The van der Waals surface area contributed by atoms with Gasteiger partial charge in [0.25, 0.3) is 0 Å². The van der Waals surface area contributed by atoms with E-state index in [9.17, 15) is 10.1 Å². The fourth-order valence-electron chi connectivity index (χ4n) is 2.04. The predicted octanol–water partition coefficient (Wildman–Crippen LogP) is 2.21. The molecule has 0 bridgehead atoms. The number of nitrogens with zero attached hydrogens (tertiary/aromatic N) is 1. The van der Waals surface area contributed by atoms with Crippen molar-refractivity contribution >= 4 is 0 Å². The minimum Gasteiger partial charge on any atom is -0.310 e. The van der Waals surface area contributed by atoms with Crippen LogP contribution in [0, 0.1) is 16.0 Å². The molecule has 0 aliphatic heterocycles. The standard InChI is InChI=1S/C11H22N2O2/c1-11(2,13(14)15)9-12-8-10-6-4-3-5-7-10/h10,12H,3-9H2,1-2H3. The van der Waals surface area contributed by atoms with Crippen LogP contribution in [0.3, 0.4) is 0 Å². The minimum absolute atomic E-state index is 0.207. The molecule has 1 fully saturated rings. The zero-order chi connectivity index (χ0) is 11.3. The molecular formula is C11H22N2O2. The van der Waals surface area contributed by atoms with Crippen LogP contribution in [0.1, 0.15) is 46.0 Å². The van der Waals surface area contributed by atoms with E-state index in [1.807, 2.05) is 0 Å². The second-order valence-electron chi connectivity index (χ2n) is 5.20. The van der Waals surface area contributed by atoms with Crippen molar-refractivity contribution in [1.82, 2.24) is 5.32 Å². The van der Waals surface area contributed by atoms with Gasteiger partial charge >= 0.3 is 0 Å². The van der Waals surface area contributed by atoms with E-state index in [1.165, 1.54) is 32.1 Å². The summed E-state index contributed by atoms with van der Waals surface area (Å²) in [6.45, 7) is 4.75. The first-order chi connectivity index (χ1) is 7.02. The Labute approximate surface area is 91.6 Å². The summed E-state index contributed by atoms with van der Waals surface area (Å²) >= 11 is 0. The van der Waals surface area contributed by atoms with Gasteiger partial charge in [-0.1, -0.05) is 19.3 Å². The van der Waals surface area contributed by atoms with Gasteiger partial charge in [-0.3, -0.25) is 10.1 Å². The molecule has 0 spiro atoms. The molecule has 0 aromatic carbocycles. The summed E-state index contributed by atoms with van der Waals surface area (Å²) in [6, 6.07) is 0. The van der Waals surface area contributed by atoms with Crippen LogP contribution in [0.4, 0.5) is 0 Å². The number of hydrogen-bond donors (Lipinski definition) is 1. The molecule has 1 aliphatic rings. The molecule has 1 rings (SSSR count). The highest BCUT2D eigenvalue weighted by atomic mass is 16.6. The van der Waals surface area contributed by atoms with Crippen LogP contribution in [0.15, 0.2) is 0 Å². The van der Waals surface area contributed by atoms with Crippen molar-refractivity contribution in [3.05, 3.63) is 10.1 Å². The molecule has 0 radical (unpaired) electrons. The van der Waals surface area contributed by atoms with Gasteiger partial charge in [0.2, 0.25) is 5.54 Å². The van der Waals surface area contributed by atoms with Crippen molar-refractivity contribution in [2.75, 3.05) is 13.1 Å². The number of nitrogens with one attached hydrogen (secondary N) is 1. The molecule has 4 nitrogen and oxygen atoms in total. The summed E-state index contributed by atoms with van der Waals surface area (Å²) in [5, 5.41) is 13.9. The quantitative estimate of drug-likeness (QED) is 0.564. The fourth-order valence-corrected chi connectivity index (χ4v) is 2.04. The Morgan fingerprint density at radius 3 is 2.47 bits per heavy atom. The Hall–Kier alpha value is -0.640. The van der Waals surface area contributed by atoms with E-state index in [2.05, 4.69) is 5.32 Å². The first-order valence-corrected chi connectivity index (χ1v) is 5.87. The van der Waals surface area contributed by atoms with E-state index in [0.29, 0.717) is 6.54 Å². The molecule has 0 aromatic rings. The molecule has 4 heteroatoms. The molecule has 1 saturated carbocycles. The lowest BCUT2D eigenvalue weighted by molar-refractivity contribution is -0.558. The average Bonchev–Trinajstić information content (AvgIpc) is 2.19. The Morgan fingerprint density at radius 1 is 1.33 bits per heavy atom. The van der Waals surface area contributed by atoms with E-state index < -0.39 is 5.54 Å². The van der Waals surface area contributed by atoms with Crippen LogP contribution in [0.25, 0.3) is 0 Å². The summed E-state index contributed by atoms with van der Waals surface area (Å²) in [5.41, 5.74) is -0.839. The SMILES string of the molecule is CC(C)(CNCC1CCCCC1)[N+](=O)[O-]. The van der Waals surface area contributed by atoms with Crippen molar-refractivity contribution in [2.24, 2.45) is 5.92 Å². The number of rotatable bonds is 5. The average molecular weight is 214 g/mol. The van der Waals surface area contributed by atoms with Gasteiger partial charge in [-0.25, -0.2) is 0 Å². The molecule has 1 aliphatic carbocycles.